The molecule has 0 N–H and O–H groups in total. The van der Waals surface area contributed by atoms with Crippen molar-refractivity contribution in [1.29, 1.82) is 0 Å². The molecule has 0 amide bonds. The van der Waals surface area contributed by atoms with Gasteiger partial charge in [0.1, 0.15) is 5.75 Å². The number of carbonyl (C=O) groups excluding carboxylic acids is 1. The van der Waals surface area contributed by atoms with E-state index in [9.17, 15) is 4.79 Å². The lowest BCUT2D eigenvalue weighted by molar-refractivity contribution is -0.141. The maximum Gasteiger partial charge on any atom is 0.306 e. The van der Waals surface area contributed by atoms with E-state index in [0.717, 1.165) is 23.3 Å². The fraction of sp³-hybridized carbons (Fsp3) is 0.500. The molecule has 0 radical (unpaired) electrons. The molecule has 0 heterocycles. The van der Waals surface area contributed by atoms with Crippen LogP contribution in [0.15, 0.2) is 18.2 Å². The molecule has 3 nitrogen and oxygen atoms in total. The van der Waals surface area contributed by atoms with Crippen molar-refractivity contribution >= 4 is 5.97 Å². The molecule has 0 spiro atoms. The quantitative estimate of drug-likeness (QED) is 0.737. The van der Waals surface area contributed by atoms with Crippen LogP contribution in [0, 0.1) is 6.92 Å². The van der Waals surface area contributed by atoms with Gasteiger partial charge in [-0.25, -0.2) is 0 Å². The summed E-state index contributed by atoms with van der Waals surface area (Å²) in [6, 6.07) is 6.05. The molecule has 0 aliphatic carbocycles. The fourth-order valence-corrected chi connectivity index (χ4v) is 1.94. The second-order valence-corrected chi connectivity index (χ2v) is 4.11. The van der Waals surface area contributed by atoms with Crippen LogP contribution in [-0.2, 0) is 9.53 Å². The number of aryl methyl sites for hydroxylation is 1. The van der Waals surface area contributed by atoms with Crippen molar-refractivity contribution in [3.63, 3.8) is 0 Å². The first-order valence-electron chi connectivity index (χ1n) is 5.83. The third kappa shape index (κ3) is 3.48. The summed E-state index contributed by atoms with van der Waals surface area (Å²) in [6.45, 7) is 4.08. The number of hydrogen-bond donors (Lipinski definition) is 0. The summed E-state index contributed by atoms with van der Waals surface area (Å²) in [7, 11) is 3.09. The van der Waals surface area contributed by atoms with Crippen molar-refractivity contribution in [2.45, 2.75) is 32.6 Å². The number of benzene rings is 1. The van der Waals surface area contributed by atoms with Gasteiger partial charge in [0.05, 0.1) is 20.6 Å². The minimum atomic E-state index is -0.162. The van der Waals surface area contributed by atoms with E-state index < -0.39 is 0 Å². The van der Waals surface area contributed by atoms with Crippen LogP contribution >= 0.6 is 0 Å². The van der Waals surface area contributed by atoms with Crippen LogP contribution in [-0.4, -0.2) is 20.2 Å². The van der Waals surface area contributed by atoms with Crippen LogP contribution in [0.5, 0.6) is 5.75 Å². The fourth-order valence-electron chi connectivity index (χ4n) is 1.94. The summed E-state index contributed by atoms with van der Waals surface area (Å²) < 4.78 is 9.94. The Kier molecular flexibility index (Phi) is 5.01. The lowest BCUT2D eigenvalue weighted by Gasteiger charge is -2.15. The average Bonchev–Trinajstić information content (AvgIpc) is 2.35. The molecule has 0 bridgehead atoms. The minimum Gasteiger partial charge on any atom is -0.496 e. The van der Waals surface area contributed by atoms with Gasteiger partial charge in [-0.15, -0.1) is 0 Å². The third-order valence-electron chi connectivity index (χ3n) is 3.02. The normalized spacial score (nSPS) is 12.0. The van der Waals surface area contributed by atoms with Gasteiger partial charge in [-0.2, -0.15) is 0 Å². The first kappa shape index (κ1) is 13.6. The van der Waals surface area contributed by atoms with E-state index >= 15 is 0 Å². The predicted molar refractivity (Wildman–Crippen MR) is 67.4 cm³/mol. The SMILES string of the molecule is CCC(CC(=O)OC)c1ccc(OC)c(C)c1. The maximum atomic E-state index is 11.3. The Labute approximate surface area is 103 Å². The van der Waals surface area contributed by atoms with Crippen LogP contribution in [0.3, 0.4) is 0 Å². The van der Waals surface area contributed by atoms with E-state index in [1.165, 1.54) is 7.11 Å². The van der Waals surface area contributed by atoms with Gasteiger partial charge in [0.15, 0.2) is 0 Å². The second-order valence-electron chi connectivity index (χ2n) is 4.11. The average molecular weight is 236 g/mol. The number of methoxy groups -OCH3 is 2. The zero-order valence-electron chi connectivity index (χ0n) is 10.9. The molecular formula is C14H20O3. The van der Waals surface area contributed by atoms with Gasteiger partial charge >= 0.3 is 5.97 Å². The van der Waals surface area contributed by atoms with Gasteiger partial charge < -0.3 is 9.47 Å². The summed E-state index contributed by atoms with van der Waals surface area (Å²) in [5.74, 6) is 0.930. The summed E-state index contributed by atoms with van der Waals surface area (Å²) >= 11 is 0. The lowest BCUT2D eigenvalue weighted by atomic mass is 9.92. The molecule has 1 unspecified atom stereocenters. The van der Waals surface area contributed by atoms with Crippen molar-refractivity contribution in [2.75, 3.05) is 14.2 Å². The van der Waals surface area contributed by atoms with Crippen molar-refractivity contribution in [3.8, 4) is 5.75 Å². The third-order valence-corrected chi connectivity index (χ3v) is 3.02. The number of carbonyl (C=O) groups is 1. The first-order valence-corrected chi connectivity index (χ1v) is 5.83. The largest absolute Gasteiger partial charge is 0.496 e. The monoisotopic (exact) mass is 236 g/mol. The summed E-state index contributed by atoms with van der Waals surface area (Å²) in [4.78, 5) is 11.3. The van der Waals surface area contributed by atoms with Crippen LogP contribution < -0.4 is 4.74 Å². The smallest absolute Gasteiger partial charge is 0.306 e. The second kappa shape index (κ2) is 6.28. The molecule has 0 saturated carbocycles. The van der Waals surface area contributed by atoms with Gasteiger partial charge in [0.25, 0.3) is 0 Å². The van der Waals surface area contributed by atoms with E-state index in [4.69, 9.17) is 9.47 Å². The maximum absolute atomic E-state index is 11.3. The molecule has 0 aromatic heterocycles. The van der Waals surface area contributed by atoms with Gasteiger partial charge in [-0.1, -0.05) is 19.1 Å². The number of rotatable bonds is 5. The molecule has 0 saturated heterocycles. The zero-order chi connectivity index (χ0) is 12.8. The van der Waals surface area contributed by atoms with Crippen LogP contribution in [0.1, 0.15) is 36.8 Å². The van der Waals surface area contributed by atoms with Crippen molar-refractivity contribution < 1.29 is 14.3 Å². The van der Waals surface area contributed by atoms with Gasteiger partial charge in [-0.05, 0) is 36.5 Å². The molecule has 1 atom stereocenters. The Balaban J connectivity index is 2.88. The summed E-state index contributed by atoms with van der Waals surface area (Å²) in [5.41, 5.74) is 2.25. The number of ether oxygens (including phenoxy) is 2. The molecule has 1 aromatic rings. The highest BCUT2D eigenvalue weighted by Crippen LogP contribution is 2.28. The Morgan fingerprint density at radius 3 is 2.53 bits per heavy atom. The zero-order valence-corrected chi connectivity index (χ0v) is 10.9. The molecule has 0 fully saturated rings. The molecule has 0 aliphatic rings. The Hall–Kier alpha value is -1.51. The Morgan fingerprint density at radius 2 is 2.06 bits per heavy atom. The first-order chi connectivity index (χ1) is 8.12. The highest BCUT2D eigenvalue weighted by molar-refractivity contribution is 5.70. The van der Waals surface area contributed by atoms with Gasteiger partial charge in [0, 0.05) is 0 Å². The van der Waals surface area contributed by atoms with E-state index in [1.807, 2.05) is 19.1 Å². The molecule has 94 valence electrons. The topological polar surface area (TPSA) is 35.5 Å². The Morgan fingerprint density at radius 1 is 1.35 bits per heavy atom. The molecule has 3 heteroatoms. The standard InChI is InChI=1S/C14H20O3/c1-5-11(9-14(15)17-4)12-6-7-13(16-3)10(2)8-12/h6-8,11H,5,9H2,1-4H3. The lowest BCUT2D eigenvalue weighted by Crippen LogP contribution is -2.08. The molecule has 17 heavy (non-hydrogen) atoms. The minimum absolute atomic E-state index is 0.162. The van der Waals surface area contributed by atoms with Crippen LogP contribution in [0.2, 0.25) is 0 Å². The van der Waals surface area contributed by atoms with Crippen molar-refractivity contribution in [2.24, 2.45) is 0 Å². The Bertz CT molecular complexity index is 385. The number of esters is 1. The van der Waals surface area contributed by atoms with Gasteiger partial charge in [0.2, 0.25) is 0 Å². The van der Waals surface area contributed by atoms with E-state index in [0.29, 0.717) is 6.42 Å². The number of hydrogen-bond acceptors (Lipinski definition) is 3. The molecule has 1 rings (SSSR count). The van der Waals surface area contributed by atoms with Crippen molar-refractivity contribution in [1.82, 2.24) is 0 Å². The summed E-state index contributed by atoms with van der Waals surface area (Å²) in [6.07, 6.45) is 1.35. The summed E-state index contributed by atoms with van der Waals surface area (Å²) in [5, 5.41) is 0. The molecular weight excluding hydrogens is 216 g/mol. The molecule has 1 aromatic carbocycles. The van der Waals surface area contributed by atoms with Crippen LogP contribution in [0.4, 0.5) is 0 Å². The highest BCUT2D eigenvalue weighted by Gasteiger charge is 2.15. The predicted octanol–water partition coefficient (Wildman–Crippen LogP) is 3.06. The highest BCUT2D eigenvalue weighted by atomic mass is 16.5. The van der Waals surface area contributed by atoms with E-state index in [-0.39, 0.29) is 11.9 Å². The molecule has 0 aliphatic heterocycles. The van der Waals surface area contributed by atoms with Crippen LogP contribution in [0.25, 0.3) is 0 Å². The van der Waals surface area contributed by atoms with E-state index in [2.05, 4.69) is 13.0 Å². The van der Waals surface area contributed by atoms with E-state index in [1.54, 1.807) is 7.11 Å². The van der Waals surface area contributed by atoms with Gasteiger partial charge in [-0.3, -0.25) is 4.79 Å². The van der Waals surface area contributed by atoms with Crippen molar-refractivity contribution in [3.05, 3.63) is 29.3 Å².